The molecule has 0 spiro atoms. The van der Waals surface area contributed by atoms with E-state index in [-0.39, 0.29) is 18.3 Å². The predicted molar refractivity (Wildman–Crippen MR) is 93.9 cm³/mol. The van der Waals surface area contributed by atoms with Gasteiger partial charge in [-0.3, -0.25) is 19.7 Å². The maximum absolute atomic E-state index is 11.9. The van der Waals surface area contributed by atoms with Crippen LogP contribution >= 0.6 is 15.9 Å². The van der Waals surface area contributed by atoms with E-state index < -0.39 is 10.8 Å². The SMILES string of the molecule is O=C(COC(=O)C[C@H]1C[C@H]2CC[C@@H]1C2)Nc1ccc([N+](=O)[O-])cc1Br. The van der Waals surface area contributed by atoms with E-state index in [0.717, 1.165) is 12.3 Å². The molecule has 3 rings (SSSR count). The minimum absolute atomic E-state index is 0.0813. The fourth-order valence-corrected chi connectivity index (χ4v) is 4.42. The van der Waals surface area contributed by atoms with Crippen molar-refractivity contribution in [3.05, 3.63) is 32.8 Å². The molecule has 25 heavy (non-hydrogen) atoms. The van der Waals surface area contributed by atoms with E-state index >= 15 is 0 Å². The molecule has 8 heteroatoms. The largest absolute Gasteiger partial charge is 0.456 e. The number of benzene rings is 1. The Morgan fingerprint density at radius 1 is 1.32 bits per heavy atom. The molecular weight excluding hydrogens is 392 g/mol. The molecule has 0 heterocycles. The zero-order valence-electron chi connectivity index (χ0n) is 13.6. The van der Waals surface area contributed by atoms with Crippen LogP contribution in [0.25, 0.3) is 0 Å². The van der Waals surface area contributed by atoms with Crippen LogP contribution in [0.15, 0.2) is 22.7 Å². The fraction of sp³-hybridized carbons (Fsp3) is 0.529. The summed E-state index contributed by atoms with van der Waals surface area (Å²) in [5.41, 5.74) is 0.307. The summed E-state index contributed by atoms with van der Waals surface area (Å²) in [6.07, 6.45) is 5.20. The van der Waals surface area contributed by atoms with Gasteiger partial charge in [0.05, 0.1) is 10.6 Å². The lowest BCUT2D eigenvalue weighted by molar-refractivity contribution is -0.384. The number of carbonyl (C=O) groups excluding carboxylic acids is 2. The number of carbonyl (C=O) groups is 2. The van der Waals surface area contributed by atoms with Crippen LogP contribution in [0.5, 0.6) is 0 Å². The van der Waals surface area contributed by atoms with Crippen molar-refractivity contribution in [1.82, 2.24) is 0 Å². The Hall–Kier alpha value is -1.96. The van der Waals surface area contributed by atoms with E-state index in [1.807, 2.05) is 0 Å². The number of anilines is 1. The zero-order valence-corrected chi connectivity index (χ0v) is 15.2. The number of hydrogen-bond acceptors (Lipinski definition) is 5. The Balaban J connectivity index is 1.45. The second-order valence-electron chi connectivity index (χ2n) is 6.77. The average molecular weight is 411 g/mol. The molecule has 0 unspecified atom stereocenters. The van der Waals surface area contributed by atoms with Crippen molar-refractivity contribution < 1.29 is 19.2 Å². The molecule has 1 N–H and O–H groups in total. The summed E-state index contributed by atoms with van der Waals surface area (Å²) in [4.78, 5) is 34.0. The maximum Gasteiger partial charge on any atom is 0.306 e. The molecule has 7 nitrogen and oxygen atoms in total. The third kappa shape index (κ3) is 4.36. The van der Waals surface area contributed by atoms with Gasteiger partial charge in [0.15, 0.2) is 6.61 Å². The number of esters is 1. The highest BCUT2D eigenvalue weighted by Crippen LogP contribution is 2.49. The van der Waals surface area contributed by atoms with Crippen molar-refractivity contribution in [2.24, 2.45) is 17.8 Å². The molecule has 0 saturated heterocycles. The Kier molecular flexibility index (Phi) is 5.36. The first kappa shape index (κ1) is 17.8. The monoisotopic (exact) mass is 410 g/mol. The van der Waals surface area contributed by atoms with Crippen LogP contribution in [-0.2, 0) is 14.3 Å². The van der Waals surface area contributed by atoms with Gasteiger partial charge >= 0.3 is 5.97 Å². The lowest BCUT2D eigenvalue weighted by Gasteiger charge is -2.20. The van der Waals surface area contributed by atoms with Gasteiger partial charge in [-0.05, 0) is 59.0 Å². The van der Waals surface area contributed by atoms with Crippen molar-refractivity contribution in [3.63, 3.8) is 0 Å². The molecule has 2 aliphatic carbocycles. The quantitative estimate of drug-likeness (QED) is 0.438. The molecule has 1 aromatic rings. The molecular formula is C17H19BrN2O5. The minimum atomic E-state index is -0.520. The van der Waals surface area contributed by atoms with Crippen molar-refractivity contribution in [1.29, 1.82) is 0 Å². The highest BCUT2D eigenvalue weighted by Gasteiger charge is 2.40. The first-order chi connectivity index (χ1) is 11.9. The molecule has 0 aromatic heterocycles. The lowest BCUT2D eigenvalue weighted by Crippen LogP contribution is -2.23. The summed E-state index contributed by atoms with van der Waals surface area (Å²) < 4.78 is 5.46. The van der Waals surface area contributed by atoms with Gasteiger partial charge in [0.25, 0.3) is 11.6 Å². The first-order valence-electron chi connectivity index (χ1n) is 8.31. The lowest BCUT2D eigenvalue weighted by atomic mass is 9.86. The topological polar surface area (TPSA) is 98.5 Å². The Morgan fingerprint density at radius 2 is 2.12 bits per heavy atom. The summed E-state index contributed by atoms with van der Waals surface area (Å²) in [5, 5.41) is 13.3. The highest BCUT2D eigenvalue weighted by molar-refractivity contribution is 9.10. The third-order valence-corrected chi connectivity index (χ3v) is 5.77. The van der Waals surface area contributed by atoms with Gasteiger partial charge in [0.2, 0.25) is 0 Å². The van der Waals surface area contributed by atoms with E-state index in [9.17, 15) is 19.7 Å². The number of fused-ring (bicyclic) bond motifs is 2. The van der Waals surface area contributed by atoms with Crippen LogP contribution in [0.1, 0.15) is 32.1 Å². The van der Waals surface area contributed by atoms with Crippen LogP contribution in [-0.4, -0.2) is 23.4 Å². The number of hydrogen-bond donors (Lipinski definition) is 1. The van der Waals surface area contributed by atoms with E-state index in [0.29, 0.717) is 28.4 Å². The molecule has 134 valence electrons. The second kappa shape index (κ2) is 7.51. The normalized spacial score (nSPS) is 24.1. The van der Waals surface area contributed by atoms with Crippen molar-refractivity contribution in [2.45, 2.75) is 32.1 Å². The van der Waals surface area contributed by atoms with E-state index in [1.54, 1.807) is 0 Å². The average Bonchev–Trinajstić information content (AvgIpc) is 3.17. The molecule has 3 atom stereocenters. The van der Waals surface area contributed by atoms with Crippen molar-refractivity contribution in [2.75, 3.05) is 11.9 Å². The summed E-state index contributed by atoms with van der Waals surface area (Å²) in [6.45, 7) is -0.358. The van der Waals surface area contributed by atoms with Gasteiger partial charge < -0.3 is 10.1 Å². The van der Waals surface area contributed by atoms with Gasteiger partial charge in [-0.15, -0.1) is 0 Å². The Bertz CT molecular complexity index is 708. The molecule has 2 bridgehead atoms. The first-order valence-corrected chi connectivity index (χ1v) is 9.11. The number of ether oxygens (including phenoxy) is 1. The van der Waals surface area contributed by atoms with Crippen LogP contribution in [0, 0.1) is 27.9 Å². The fourth-order valence-electron chi connectivity index (χ4n) is 3.95. The van der Waals surface area contributed by atoms with Crippen LogP contribution < -0.4 is 5.32 Å². The number of rotatable bonds is 6. The summed E-state index contributed by atoms with van der Waals surface area (Å²) in [6, 6.07) is 4.02. The van der Waals surface area contributed by atoms with Gasteiger partial charge in [-0.2, -0.15) is 0 Å². The number of nitrogens with zero attached hydrogens (tertiary/aromatic N) is 1. The molecule has 1 aromatic carbocycles. The summed E-state index contributed by atoms with van der Waals surface area (Å²) in [5.74, 6) is 0.998. The smallest absolute Gasteiger partial charge is 0.306 e. The predicted octanol–water partition coefficient (Wildman–Crippen LogP) is 3.67. The van der Waals surface area contributed by atoms with E-state index in [1.165, 1.54) is 37.5 Å². The standard InChI is InChI=1S/C17H19BrN2O5/c18-14-8-13(20(23)24)3-4-15(14)19-16(21)9-25-17(22)7-12-6-10-1-2-11(12)5-10/h3-4,8,10-12H,1-2,5-7,9H2,(H,19,21)/t10-,11+,12+/m0/s1. The van der Waals surface area contributed by atoms with Gasteiger partial charge in [0.1, 0.15) is 0 Å². The number of nitro benzene ring substituents is 1. The molecule has 0 aliphatic heterocycles. The number of amides is 1. The number of non-ortho nitro benzene ring substituents is 1. The van der Waals surface area contributed by atoms with Crippen molar-refractivity contribution >= 4 is 39.2 Å². The minimum Gasteiger partial charge on any atom is -0.456 e. The summed E-state index contributed by atoms with van der Waals surface area (Å²) >= 11 is 3.17. The Morgan fingerprint density at radius 3 is 2.72 bits per heavy atom. The molecule has 1 amide bonds. The highest BCUT2D eigenvalue weighted by atomic mass is 79.9. The van der Waals surface area contributed by atoms with Gasteiger partial charge in [-0.25, -0.2) is 0 Å². The molecule has 0 radical (unpaired) electrons. The molecule has 2 saturated carbocycles. The number of nitrogens with one attached hydrogen (secondary N) is 1. The van der Waals surface area contributed by atoms with E-state index in [2.05, 4.69) is 21.2 Å². The molecule has 2 aliphatic rings. The second-order valence-corrected chi connectivity index (χ2v) is 7.62. The third-order valence-electron chi connectivity index (χ3n) is 5.12. The van der Waals surface area contributed by atoms with Crippen molar-refractivity contribution in [3.8, 4) is 0 Å². The molecule has 2 fully saturated rings. The zero-order chi connectivity index (χ0) is 18.0. The van der Waals surface area contributed by atoms with Crippen LogP contribution in [0.2, 0.25) is 0 Å². The maximum atomic E-state index is 11.9. The summed E-state index contributed by atoms with van der Waals surface area (Å²) in [7, 11) is 0. The van der Waals surface area contributed by atoms with Gasteiger partial charge in [-0.1, -0.05) is 6.42 Å². The number of halogens is 1. The van der Waals surface area contributed by atoms with Crippen LogP contribution in [0.4, 0.5) is 11.4 Å². The van der Waals surface area contributed by atoms with E-state index in [4.69, 9.17) is 4.74 Å². The van der Waals surface area contributed by atoms with Gasteiger partial charge in [0, 0.05) is 23.0 Å². The number of nitro groups is 1. The van der Waals surface area contributed by atoms with Crippen LogP contribution in [0.3, 0.4) is 0 Å². The Labute approximate surface area is 153 Å².